The Morgan fingerprint density at radius 2 is 2.00 bits per heavy atom. The van der Waals surface area contributed by atoms with Crippen molar-refractivity contribution < 1.29 is 14.6 Å². The molecule has 1 aliphatic carbocycles. The van der Waals surface area contributed by atoms with Gasteiger partial charge in [0.05, 0.1) is 0 Å². The largest absolute Gasteiger partial charge is 0.612 e. The van der Waals surface area contributed by atoms with Crippen molar-refractivity contribution in [2.24, 2.45) is 0 Å². The van der Waals surface area contributed by atoms with Crippen LogP contribution in [-0.4, -0.2) is 44.0 Å². The SMILES string of the molecule is [O-][N+]([O-])=C1C=CC(O)(N2CCCCC2)c2nonc21. The Balaban J connectivity index is 2.06. The average Bonchev–Trinajstić information content (AvgIpc) is 2.90. The highest BCUT2D eigenvalue weighted by molar-refractivity contribution is 6.06. The number of hydrogen-bond donors (Lipinski definition) is 1. The van der Waals surface area contributed by atoms with Crippen molar-refractivity contribution in [3.63, 3.8) is 0 Å². The van der Waals surface area contributed by atoms with E-state index in [0.29, 0.717) is 13.1 Å². The van der Waals surface area contributed by atoms with Crippen molar-refractivity contribution in [1.82, 2.24) is 15.2 Å². The van der Waals surface area contributed by atoms with Crippen LogP contribution in [0.2, 0.25) is 0 Å². The zero-order chi connectivity index (χ0) is 13.5. The summed E-state index contributed by atoms with van der Waals surface area (Å²) >= 11 is 0. The summed E-state index contributed by atoms with van der Waals surface area (Å²) in [6, 6.07) is 0. The van der Waals surface area contributed by atoms with E-state index in [4.69, 9.17) is 0 Å². The molecule has 1 atom stereocenters. The van der Waals surface area contributed by atoms with Gasteiger partial charge in [0.1, 0.15) is 0 Å². The fraction of sp³-hybridized carbons (Fsp3) is 0.545. The van der Waals surface area contributed by atoms with Gasteiger partial charge in [0.2, 0.25) is 5.69 Å². The predicted octanol–water partition coefficient (Wildman–Crippen LogP) is 0.0676. The molecule has 1 fully saturated rings. The van der Waals surface area contributed by atoms with Crippen LogP contribution in [-0.2, 0) is 5.72 Å². The van der Waals surface area contributed by atoms with Gasteiger partial charge in [0.25, 0.3) is 5.71 Å². The van der Waals surface area contributed by atoms with Crippen LogP contribution in [0.4, 0.5) is 0 Å². The van der Waals surface area contributed by atoms with E-state index in [1.807, 2.05) is 4.90 Å². The number of nitrogens with zero attached hydrogens (tertiary/aromatic N) is 4. The Labute approximate surface area is 108 Å². The van der Waals surface area contributed by atoms with Gasteiger partial charge in [-0.05, 0) is 29.2 Å². The molecule has 1 N–H and O–H groups in total. The van der Waals surface area contributed by atoms with E-state index in [-0.39, 0.29) is 17.1 Å². The number of piperidine rings is 1. The van der Waals surface area contributed by atoms with Crippen LogP contribution in [0.3, 0.4) is 0 Å². The topological polar surface area (TPSA) is 112 Å². The Hall–Kier alpha value is -1.93. The number of aliphatic hydroxyl groups is 1. The quantitative estimate of drug-likeness (QED) is 0.564. The van der Waals surface area contributed by atoms with E-state index in [2.05, 4.69) is 14.9 Å². The van der Waals surface area contributed by atoms with Gasteiger partial charge in [-0.3, -0.25) is 4.90 Å². The standard InChI is InChI=1S/C11H13N4O4/c16-11(14-6-2-1-3-7-14)5-4-8(15(17)18)9-10(11)13-19-12-9/h4-5,16H,1-3,6-7H2/q-1. The molecule has 0 aromatic carbocycles. The van der Waals surface area contributed by atoms with Crippen LogP contribution in [0.15, 0.2) is 16.8 Å². The maximum atomic E-state index is 10.9. The van der Waals surface area contributed by atoms with Gasteiger partial charge in [-0.2, -0.15) is 4.90 Å². The first-order valence-electron chi connectivity index (χ1n) is 6.14. The highest BCUT2D eigenvalue weighted by Crippen LogP contribution is 2.33. The minimum Gasteiger partial charge on any atom is -0.612 e. The molecule has 1 aromatic rings. The fourth-order valence-corrected chi connectivity index (χ4v) is 2.59. The highest BCUT2D eigenvalue weighted by Gasteiger charge is 2.45. The average molecular weight is 265 g/mol. The molecule has 0 bridgehead atoms. The molecule has 0 spiro atoms. The van der Waals surface area contributed by atoms with Gasteiger partial charge in [0, 0.05) is 19.2 Å². The molecule has 1 unspecified atom stereocenters. The number of likely N-dealkylation sites (tertiary alicyclic amines) is 1. The number of fused-ring (bicyclic) bond motifs is 1. The summed E-state index contributed by atoms with van der Waals surface area (Å²) in [5, 5.41) is 39.8. The molecule has 0 radical (unpaired) electrons. The number of rotatable bonds is 1. The van der Waals surface area contributed by atoms with Crippen LogP contribution in [0, 0.1) is 10.4 Å². The van der Waals surface area contributed by atoms with Crippen LogP contribution in [0.1, 0.15) is 30.7 Å². The summed E-state index contributed by atoms with van der Waals surface area (Å²) < 4.78 is 4.58. The highest BCUT2D eigenvalue weighted by atomic mass is 16.8. The monoisotopic (exact) mass is 265 g/mol. The fourth-order valence-electron chi connectivity index (χ4n) is 2.59. The van der Waals surface area contributed by atoms with Gasteiger partial charge in [-0.15, -0.1) is 0 Å². The summed E-state index contributed by atoms with van der Waals surface area (Å²) in [6.07, 6.45) is 5.72. The third-order valence-electron chi connectivity index (χ3n) is 3.59. The van der Waals surface area contributed by atoms with E-state index in [1.165, 1.54) is 12.2 Å². The number of aromatic nitrogens is 2. The molecule has 0 amide bonds. The van der Waals surface area contributed by atoms with Crippen LogP contribution in [0.5, 0.6) is 0 Å². The minimum absolute atomic E-state index is 0.000531. The lowest BCUT2D eigenvalue weighted by atomic mass is 9.94. The smallest absolute Gasteiger partial charge is 0.254 e. The first-order valence-corrected chi connectivity index (χ1v) is 6.14. The van der Waals surface area contributed by atoms with Crippen molar-refractivity contribution in [1.29, 1.82) is 0 Å². The molecule has 1 aliphatic heterocycles. The lowest BCUT2D eigenvalue weighted by Gasteiger charge is -2.39. The molecule has 8 nitrogen and oxygen atoms in total. The van der Waals surface area contributed by atoms with Crippen molar-refractivity contribution in [2.75, 3.05) is 13.1 Å². The molecule has 19 heavy (non-hydrogen) atoms. The van der Waals surface area contributed by atoms with E-state index >= 15 is 0 Å². The Bertz CT molecular complexity index is 543. The third-order valence-corrected chi connectivity index (χ3v) is 3.59. The van der Waals surface area contributed by atoms with E-state index in [0.717, 1.165) is 19.3 Å². The zero-order valence-electron chi connectivity index (χ0n) is 10.2. The van der Waals surface area contributed by atoms with Crippen LogP contribution in [0.25, 0.3) is 0 Å². The van der Waals surface area contributed by atoms with Crippen molar-refractivity contribution >= 4 is 5.71 Å². The van der Waals surface area contributed by atoms with E-state index in [1.54, 1.807) is 0 Å². The lowest BCUT2D eigenvalue weighted by molar-refractivity contribution is -0.377. The molecule has 3 rings (SSSR count). The lowest BCUT2D eigenvalue weighted by Crippen LogP contribution is -2.49. The van der Waals surface area contributed by atoms with Crippen molar-refractivity contribution in [2.45, 2.75) is 25.0 Å². The Kier molecular flexibility index (Phi) is 2.76. The van der Waals surface area contributed by atoms with Crippen molar-refractivity contribution in [3.8, 4) is 0 Å². The number of hydrogen-bond acceptors (Lipinski definition) is 7. The summed E-state index contributed by atoms with van der Waals surface area (Å²) in [5.74, 6) is 0. The second kappa shape index (κ2) is 4.32. The Morgan fingerprint density at radius 1 is 1.26 bits per heavy atom. The molecular formula is C11H13N4O4-. The maximum absolute atomic E-state index is 10.9. The van der Waals surface area contributed by atoms with E-state index < -0.39 is 10.6 Å². The summed E-state index contributed by atoms with van der Waals surface area (Å²) in [5.41, 5.74) is -1.57. The zero-order valence-corrected chi connectivity index (χ0v) is 10.2. The molecule has 1 aromatic heterocycles. The van der Waals surface area contributed by atoms with Crippen molar-refractivity contribution in [3.05, 3.63) is 34.0 Å². The molecule has 8 heteroatoms. The van der Waals surface area contributed by atoms with Gasteiger partial charge >= 0.3 is 0 Å². The normalized spacial score (nSPS) is 27.3. The molecular weight excluding hydrogens is 252 g/mol. The summed E-state index contributed by atoms with van der Waals surface area (Å²) in [4.78, 5) is 1.28. The Morgan fingerprint density at radius 3 is 2.68 bits per heavy atom. The number of allylic oxidation sites excluding steroid dienone is 1. The molecule has 1 saturated heterocycles. The minimum atomic E-state index is -1.46. The van der Waals surface area contributed by atoms with Crippen LogP contribution >= 0.6 is 0 Å². The second-order valence-electron chi connectivity index (χ2n) is 4.71. The molecule has 102 valence electrons. The molecule has 0 saturated carbocycles. The van der Waals surface area contributed by atoms with Gasteiger partial charge in [0.15, 0.2) is 11.4 Å². The second-order valence-corrected chi connectivity index (χ2v) is 4.71. The predicted molar refractivity (Wildman–Crippen MR) is 63.9 cm³/mol. The maximum Gasteiger partial charge on any atom is 0.254 e. The van der Waals surface area contributed by atoms with Gasteiger partial charge in [-0.25, -0.2) is 4.63 Å². The van der Waals surface area contributed by atoms with Crippen LogP contribution < -0.4 is 0 Å². The molecule has 2 heterocycles. The van der Waals surface area contributed by atoms with Gasteiger partial charge in [-0.1, -0.05) is 6.42 Å². The summed E-state index contributed by atoms with van der Waals surface area (Å²) in [7, 11) is 0. The van der Waals surface area contributed by atoms with E-state index in [9.17, 15) is 15.5 Å². The first kappa shape index (κ1) is 12.1. The third kappa shape index (κ3) is 1.80. The summed E-state index contributed by atoms with van der Waals surface area (Å²) in [6.45, 7) is 1.42. The first-order chi connectivity index (χ1) is 9.13. The molecule has 2 aliphatic rings. The van der Waals surface area contributed by atoms with Gasteiger partial charge < -0.3 is 15.5 Å².